The fraction of sp³-hybridized carbons (Fsp3) is 0.387. The number of rotatable bonds is 9. The maximum Gasteiger partial charge on any atom is 0.435 e. The summed E-state index contributed by atoms with van der Waals surface area (Å²) in [6.45, 7) is 9.85. The molecule has 0 amide bonds. The Balaban J connectivity index is 1.58. The topological polar surface area (TPSA) is 110 Å². The van der Waals surface area contributed by atoms with E-state index in [2.05, 4.69) is 44.0 Å². The number of carbonyl (C=O) groups is 1. The van der Waals surface area contributed by atoms with E-state index < -0.39 is 29.2 Å². The predicted octanol–water partition coefficient (Wildman–Crippen LogP) is 5.17. The summed E-state index contributed by atoms with van der Waals surface area (Å²) in [4.78, 5) is 39.5. The molecule has 16 heteroatoms. The molecular weight excluding hydrogens is 644 g/mol. The van der Waals surface area contributed by atoms with Crippen molar-refractivity contribution >= 4 is 29.2 Å². The highest BCUT2D eigenvalue weighted by Crippen LogP contribution is 2.32. The van der Waals surface area contributed by atoms with Crippen LogP contribution in [0.2, 0.25) is 5.02 Å². The number of carbonyl (C=O) groups excluding carboxylic acids is 1. The first kappa shape index (κ1) is 34.0. The van der Waals surface area contributed by atoms with E-state index in [9.17, 15) is 27.2 Å². The van der Waals surface area contributed by atoms with Crippen LogP contribution < -0.4 is 10.9 Å². The van der Waals surface area contributed by atoms with Crippen LogP contribution in [-0.2, 0) is 17.5 Å². The number of halogens is 5. The van der Waals surface area contributed by atoms with Gasteiger partial charge in [0.2, 0.25) is 5.95 Å². The Morgan fingerprint density at radius 2 is 1.83 bits per heavy atom. The van der Waals surface area contributed by atoms with Crippen molar-refractivity contribution in [3.8, 4) is 16.9 Å². The maximum absolute atomic E-state index is 13.7. The molecule has 0 unspecified atom stereocenters. The molecule has 4 aromatic rings. The monoisotopic (exact) mass is 676 g/mol. The number of hydrogen-bond acceptors (Lipinski definition) is 9. The van der Waals surface area contributed by atoms with Crippen molar-refractivity contribution in [2.75, 3.05) is 45.2 Å². The van der Waals surface area contributed by atoms with Gasteiger partial charge in [-0.2, -0.15) is 23.3 Å². The number of anilines is 2. The number of nitrogens with zero attached hydrogens (tertiary/aromatic N) is 7. The number of aromatic nitrogens is 5. The first-order chi connectivity index (χ1) is 22.2. The molecule has 1 aromatic carbocycles. The standard InChI is InChI=1S/C31H33ClF4N8O3/c1-18(2)42-10-7-41(8-11-42)9-12-43-17-20(14-22(28(43)45)29(46)47-4)23-16-37-30(38-21-5-6-25(33)24(32)15-21)39-27(23)44-19(3)13-26(40-44)31(34,35)36/h5-6,13-18H,7-12H2,1-4H3,(H,37,38,39). The number of nitrogens with one attached hydrogen (secondary N) is 1. The van der Waals surface area contributed by atoms with Gasteiger partial charge in [0.25, 0.3) is 5.56 Å². The third-order valence-electron chi connectivity index (χ3n) is 7.92. The fourth-order valence-corrected chi connectivity index (χ4v) is 5.47. The second-order valence-electron chi connectivity index (χ2n) is 11.4. The van der Waals surface area contributed by atoms with E-state index in [1.165, 1.54) is 42.1 Å². The van der Waals surface area contributed by atoms with Gasteiger partial charge >= 0.3 is 12.1 Å². The average molecular weight is 677 g/mol. The van der Waals surface area contributed by atoms with Gasteiger partial charge in [0.1, 0.15) is 11.4 Å². The van der Waals surface area contributed by atoms with E-state index >= 15 is 0 Å². The Morgan fingerprint density at radius 1 is 1.11 bits per heavy atom. The van der Waals surface area contributed by atoms with Gasteiger partial charge in [-0.25, -0.2) is 18.9 Å². The second-order valence-corrected chi connectivity index (χ2v) is 11.8. The molecule has 0 spiro atoms. The van der Waals surface area contributed by atoms with Gasteiger partial charge < -0.3 is 14.6 Å². The van der Waals surface area contributed by atoms with Crippen LogP contribution in [0.3, 0.4) is 0 Å². The van der Waals surface area contributed by atoms with Gasteiger partial charge in [0, 0.05) is 80.2 Å². The largest absolute Gasteiger partial charge is 0.465 e. The minimum Gasteiger partial charge on any atom is -0.465 e. The highest BCUT2D eigenvalue weighted by atomic mass is 35.5. The average Bonchev–Trinajstić information content (AvgIpc) is 3.44. The van der Waals surface area contributed by atoms with E-state index in [1.54, 1.807) is 0 Å². The molecule has 0 bridgehead atoms. The molecular formula is C31H33ClF4N8O3. The van der Waals surface area contributed by atoms with Crippen molar-refractivity contribution in [2.24, 2.45) is 0 Å². The number of alkyl halides is 3. The molecule has 11 nitrogen and oxygen atoms in total. The lowest BCUT2D eigenvalue weighted by atomic mass is 10.1. The van der Waals surface area contributed by atoms with E-state index in [-0.39, 0.29) is 45.7 Å². The van der Waals surface area contributed by atoms with Crippen LogP contribution in [0.15, 0.2) is 47.5 Å². The summed E-state index contributed by atoms with van der Waals surface area (Å²) in [5, 5.41) is 6.48. The van der Waals surface area contributed by atoms with E-state index in [4.69, 9.17) is 16.3 Å². The number of pyridine rings is 1. The Kier molecular flexibility index (Phi) is 9.98. The molecule has 0 radical (unpaired) electrons. The number of ether oxygens (including phenoxy) is 1. The van der Waals surface area contributed by atoms with Gasteiger partial charge in [-0.15, -0.1) is 0 Å². The lowest BCUT2D eigenvalue weighted by Gasteiger charge is -2.37. The van der Waals surface area contributed by atoms with Gasteiger partial charge in [0.15, 0.2) is 11.5 Å². The summed E-state index contributed by atoms with van der Waals surface area (Å²) < 4.78 is 62.0. The first-order valence-electron chi connectivity index (χ1n) is 14.8. The molecule has 5 rings (SSSR count). The van der Waals surface area contributed by atoms with E-state index in [0.717, 1.165) is 50.1 Å². The maximum atomic E-state index is 13.7. The van der Waals surface area contributed by atoms with Crippen molar-refractivity contribution in [1.29, 1.82) is 0 Å². The zero-order valence-corrected chi connectivity index (χ0v) is 26.9. The zero-order chi connectivity index (χ0) is 34.0. The number of piperazine rings is 1. The highest BCUT2D eigenvalue weighted by molar-refractivity contribution is 6.31. The van der Waals surface area contributed by atoms with Gasteiger partial charge in [0.05, 0.1) is 12.1 Å². The van der Waals surface area contributed by atoms with E-state index in [1.807, 2.05) is 0 Å². The molecule has 1 N–H and O–H groups in total. The van der Waals surface area contributed by atoms with Crippen LogP contribution in [0.5, 0.6) is 0 Å². The highest BCUT2D eigenvalue weighted by Gasteiger charge is 2.35. The summed E-state index contributed by atoms with van der Waals surface area (Å²) in [6, 6.07) is 6.42. The van der Waals surface area contributed by atoms with Crippen molar-refractivity contribution in [1.82, 2.24) is 34.1 Å². The first-order valence-corrected chi connectivity index (χ1v) is 15.2. The second kappa shape index (κ2) is 13.8. The van der Waals surface area contributed by atoms with Crippen LogP contribution in [0.25, 0.3) is 16.9 Å². The third kappa shape index (κ3) is 7.63. The quantitative estimate of drug-likeness (QED) is 0.190. The summed E-state index contributed by atoms with van der Waals surface area (Å²) in [5.41, 5.74) is -1.12. The lowest BCUT2D eigenvalue weighted by Crippen LogP contribution is -2.49. The molecule has 0 saturated carbocycles. The number of esters is 1. The molecule has 0 atom stereocenters. The van der Waals surface area contributed by atoms with Crippen LogP contribution in [-0.4, -0.2) is 86.0 Å². The predicted molar refractivity (Wildman–Crippen MR) is 168 cm³/mol. The normalized spacial score (nSPS) is 14.5. The molecule has 1 fully saturated rings. The summed E-state index contributed by atoms with van der Waals surface area (Å²) in [6.07, 6.45) is -1.89. The minimum absolute atomic E-state index is 0.0584. The molecule has 4 heterocycles. The molecule has 0 aliphatic carbocycles. The number of hydrogen-bond donors (Lipinski definition) is 1. The molecule has 47 heavy (non-hydrogen) atoms. The van der Waals surface area contributed by atoms with Crippen molar-refractivity contribution in [2.45, 2.75) is 39.5 Å². The van der Waals surface area contributed by atoms with Gasteiger partial charge in [-0.05, 0) is 51.1 Å². The number of aryl methyl sites for hydroxylation is 1. The number of benzene rings is 1. The molecule has 1 aliphatic heterocycles. The Labute approximate surface area is 272 Å². The van der Waals surface area contributed by atoms with Gasteiger partial charge in [-0.1, -0.05) is 11.6 Å². The summed E-state index contributed by atoms with van der Waals surface area (Å²) >= 11 is 5.91. The van der Waals surface area contributed by atoms with Crippen LogP contribution in [0.1, 0.15) is 35.6 Å². The molecule has 3 aromatic heterocycles. The van der Waals surface area contributed by atoms with Crippen molar-refractivity contribution in [3.63, 3.8) is 0 Å². The number of methoxy groups -OCH3 is 1. The Bertz CT molecular complexity index is 1830. The minimum atomic E-state index is -4.74. The van der Waals surface area contributed by atoms with Crippen LogP contribution in [0, 0.1) is 12.7 Å². The Hall–Kier alpha value is -4.34. The van der Waals surface area contributed by atoms with Crippen LogP contribution >= 0.6 is 11.6 Å². The molecule has 250 valence electrons. The fourth-order valence-electron chi connectivity index (χ4n) is 5.29. The zero-order valence-electron chi connectivity index (χ0n) is 26.1. The molecule has 1 saturated heterocycles. The third-order valence-corrected chi connectivity index (χ3v) is 8.21. The molecule has 1 aliphatic rings. The van der Waals surface area contributed by atoms with Crippen molar-refractivity contribution in [3.05, 3.63) is 80.9 Å². The van der Waals surface area contributed by atoms with Crippen LogP contribution in [0.4, 0.5) is 29.2 Å². The summed E-state index contributed by atoms with van der Waals surface area (Å²) in [7, 11) is 1.15. The summed E-state index contributed by atoms with van der Waals surface area (Å²) in [5.74, 6) is -1.65. The van der Waals surface area contributed by atoms with Crippen molar-refractivity contribution < 1.29 is 27.1 Å². The van der Waals surface area contributed by atoms with E-state index in [0.29, 0.717) is 18.3 Å². The SMILES string of the molecule is COC(=O)c1cc(-c2cnc(Nc3ccc(F)c(Cl)c3)nc2-n2nc(C(F)(F)F)cc2C)cn(CCN2CCN(C(C)C)CC2)c1=O. The Morgan fingerprint density at radius 3 is 2.45 bits per heavy atom. The lowest BCUT2D eigenvalue weighted by molar-refractivity contribution is -0.141. The smallest absolute Gasteiger partial charge is 0.435 e. The van der Waals surface area contributed by atoms with Gasteiger partial charge in [-0.3, -0.25) is 14.6 Å².